The molecule has 1 rings (SSSR count). The molecule has 0 heterocycles. The van der Waals surface area contributed by atoms with Gasteiger partial charge in [0.15, 0.2) is 0 Å². The third-order valence-electron chi connectivity index (χ3n) is 3.66. The van der Waals surface area contributed by atoms with Crippen molar-refractivity contribution in [1.29, 1.82) is 0 Å². The molecule has 0 amide bonds. The molecule has 0 bridgehead atoms. The summed E-state index contributed by atoms with van der Waals surface area (Å²) in [7, 11) is 2.04. The minimum atomic E-state index is 0.441. The van der Waals surface area contributed by atoms with Gasteiger partial charge in [-0.15, -0.1) is 0 Å². The van der Waals surface area contributed by atoms with E-state index in [2.05, 4.69) is 38.2 Å². The van der Waals surface area contributed by atoms with Crippen molar-refractivity contribution in [3.8, 4) is 0 Å². The normalized spacial score (nSPS) is 13.1. The Hall–Kier alpha value is -0.530. The molecule has 0 aliphatic carbocycles. The van der Waals surface area contributed by atoms with E-state index in [-0.39, 0.29) is 0 Å². The zero-order valence-electron chi connectivity index (χ0n) is 11.4. The summed E-state index contributed by atoms with van der Waals surface area (Å²) in [5, 5.41) is 4.27. The van der Waals surface area contributed by atoms with Crippen LogP contribution >= 0.6 is 11.6 Å². The van der Waals surface area contributed by atoms with E-state index in [0.717, 1.165) is 16.5 Å². The van der Waals surface area contributed by atoms with Gasteiger partial charge in [0.1, 0.15) is 0 Å². The molecule has 0 fully saturated rings. The van der Waals surface area contributed by atoms with Gasteiger partial charge in [0.25, 0.3) is 0 Å². The van der Waals surface area contributed by atoms with Gasteiger partial charge in [-0.05, 0) is 43.5 Å². The molecule has 1 aromatic rings. The number of nitrogens with one attached hydrogen (secondary N) is 1. The summed E-state index contributed by atoms with van der Waals surface area (Å²) in [4.78, 5) is 0. The van der Waals surface area contributed by atoms with E-state index in [0.29, 0.717) is 6.04 Å². The quantitative estimate of drug-likeness (QED) is 0.773. The fraction of sp³-hybridized carbons (Fsp3) is 0.600. The van der Waals surface area contributed by atoms with E-state index in [1.165, 1.54) is 24.8 Å². The van der Waals surface area contributed by atoms with Crippen LogP contribution in [0.5, 0.6) is 0 Å². The molecular weight excluding hydrogens is 230 g/mol. The van der Waals surface area contributed by atoms with Crippen molar-refractivity contribution in [3.05, 3.63) is 34.3 Å². The molecule has 17 heavy (non-hydrogen) atoms. The van der Waals surface area contributed by atoms with Crippen molar-refractivity contribution in [2.45, 2.75) is 46.1 Å². The van der Waals surface area contributed by atoms with Gasteiger partial charge in [-0.1, -0.05) is 50.4 Å². The number of hydrogen-bond acceptors (Lipinski definition) is 1. The van der Waals surface area contributed by atoms with Gasteiger partial charge < -0.3 is 5.32 Å². The molecule has 0 saturated carbocycles. The number of rotatable bonds is 6. The van der Waals surface area contributed by atoms with Crippen LogP contribution in [0.2, 0.25) is 5.02 Å². The summed E-state index contributed by atoms with van der Waals surface area (Å²) < 4.78 is 0. The van der Waals surface area contributed by atoms with Gasteiger partial charge in [-0.25, -0.2) is 0 Å². The van der Waals surface area contributed by atoms with Crippen LogP contribution in [0.25, 0.3) is 0 Å². The lowest BCUT2D eigenvalue weighted by molar-refractivity contribution is 0.385. The van der Waals surface area contributed by atoms with E-state index in [1.54, 1.807) is 0 Å². The lowest BCUT2D eigenvalue weighted by Gasteiger charge is -2.22. The van der Waals surface area contributed by atoms with Crippen LogP contribution in [0, 0.1) is 12.8 Å². The lowest BCUT2D eigenvalue weighted by atomic mass is 9.91. The van der Waals surface area contributed by atoms with Crippen molar-refractivity contribution in [3.63, 3.8) is 0 Å². The molecule has 0 aliphatic rings. The predicted molar refractivity (Wildman–Crippen MR) is 76.7 cm³/mol. The Morgan fingerprint density at radius 2 is 1.88 bits per heavy atom. The van der Waals surface area contributed by atoms with Gasteiger partial charge in [-0.2, -0.15) is 0 Å². The number of aryl methyl sites for hydroxylation is 1. The van der Waals surface area contributed by atoms with Crippen LogP contribution in [0.3, 0.4) is 0 Å². The summed E-state index contributed by atoms with van der Waals surface area (Å²) in [5.41, 5.74) is 2.51. The second kappa shape index (κ2) is 7.03. The Balaban J connectivity index is 2.82. The maximum absolute atomic E-state index is 6.07. The molecule has 96 valence electrons. The number of benzene rings is 1. The Morgan fingerprint density at radius 1 is 1.24 bits per heavy atom. The highest BCUT2D eigenvalue weighted by Gasteiger charge is 2.14. The molecule has 0 aromatic heterocycles. The third-order valence-corrected chi connectivity index (χ3v) is 4.08. The first-order chi connectivity index (χ1) is 8.12. The molecule has 0 saturated heterocycles. The molecule has 0 spiro atoms. The Kier molecular flexibility index (Phi) is 6.01. The molecule has 0 aliphatic heterocycles. The van der Waals surface area contributed by atoms with Crippen LogP contribution in [0.4, 0.5) is 0 Å². The number of hydrogen-bond donors (Lipinski definition) is 1. The van der Waals surface area contributed by atoms with Crippen LogP contribution in [-0.2, 0) is 0 Å². The monoisotopic (exact) mass is 253 g/mol. The first-order valence-electron chi connectivity index (χ1n) is 6.55. The minimum absolute atomic E-state index is 0.441. The Labute approximate surface area is 111 Å². The zero-order chi connectivity index (χ0) is 12.8. The van der Waals surface area contributed by atoms with Gasteiger partial charge in [0.05, 0.1) is 0 Å². The van der Waals surface area contributed by atoms with E-state index < -0.39 is 0 Å². The largest absolute Gasteiger partial charge is 0.313 e. The van der Waals surface area contributed by atoms with Gasteiger partial charge in [0.2, 0.25) is 0 Å². The summed E-state index contributed by atoms with van der Waals surface area (Å²) in [6.07, 6.45) is 3.70. The molecule has 0 radical (unpaired) electrons. The topological polar surface area (TPSA) is 12.0 Å². The summed E-state index contributed by atoms with van der Waals surface area (Å²) in [6, 6.07) is 6.78. The van der Waals surface area contributed by atoms with Gasteiger partial charge >= 0.3 is 0 Å². The standard InChI is InChI=1S/C15H24ClN/c1-5-12(6-2)10-15(17-4)13-7-8-14(16)11(3)9-13/h7-9,12,15,17H,5-6,10H2,1-4H3. The van der Waals surface area contributed by atoms with Crippen molar-refractivity contribution >= 4 is 11.6 Å². The van der Waals surface area contributed by atoms with E-state index >= 15 is 0 Å². The van der Waals surface area contributed by atoms with Gasteiger partial charge in [0, 0.05) is 11.1 Å². The fourth-order valence-corrected chi connectivity index (χ4v) is 2.38. The lowest BCUT2D eigenvalue weighted by Crippen LogP contribution is -2.19. The fourth-order valence-electron chi connectivity index (χ4n) is 2.26. The van der Waals surface area contributed by atoms with Crippen LogP contribution in [-0.4, -0.2) is 7.05 Å². The average molecular weight is 254 g/mol. The molecular formula is C15H24ClN. The molecule has 1 nitrogen and oxygen atoms in total. The highest BCUT2D eigenvalue weighted by molar-refractivity contribution is 6.31. The molecule has 1 atom stereocenters. The van der Waals surface area contributed by atoms with E-state index in [4.69, 9.17) is 11.6 Å². The van der Waals surface area contributed by atoms with Crippen molar-refractivity contribution in [2.24, 2.45) is 5.92 Å². The summed E-state index contributed by atoms with van der Waals surface area (Å²) in [5.74, 6) is 0.795. The average Bonchev–Trinajstić information content (AvgIpc) is 2.35. The maximum Gasteiger partial charge on any atom is 0.0435 e. The Morgan fingerprint density at radius 3 is 2.35 bits per heavy atom. The molecule has 2 heteroatoms. The van der Waals surface area contributed by atoms with Crippen LogP contribution in [0.1, 0.15) is 50.3 Å². The molecule has 1 aromatic carbocycles. The summed E-state index contributed by atoms with van der Waals surface area (Å²) >= 11 is 6.07. The van der Waals surface area contributed by atoms with E-state index in [1.807, 2.05) is 13.1 Å². The van der Waals surface area contributed by atoms with Crippen molar-refractivity contribution in [1.82, 2.24) is 5.32 Å². The summed E-state index contributed by atoms with van der Waals surface area (Å²) in [6.45, 7) is 6.61. The zero-order valence-corrected chi connectivity index (χ0v) is 12.1. The smallest absolute Gasteiger partial charge is 0.0435 e. The minimum Gasteiger partial charge on any atom is -0.313 e. The predicted octanol–water partition coefficient (Wildman–Crippen LogP) is 4.74. The van der Waals surface area contributed by atoms with Crippen molar-refractivity contribution in [2.75, 3.05) is 7.05 Å². The van der Waals surface area contributed by atoms with Gasteiger partial charge in [-0.3, -0.25) is 0 Å². The maximum atomic E-state index is 6.07. The highest BCUT2D eigenvalue weighted by Crippen LogP contribution is 2.27. The molecule has 1 unspecified atom stereocenters. The van der Waals surface area contributed by atoms with Crippen LogP contribution < -0.4 is 5.32 Å². The van der Waals surface area contributed by atoms with E-state index in [9.17, 15) is 0 Å². The Bertz CT molecular complexity index is 345. The third kappa shape index (κ3) is 4.01. The number of halogens is 1. The first kappa shape index (κ1) is 14.5. The second-order valence-corrected chi connectivity index (χ2v) is 5.18. The SMILES string of the molecule is CCC(CC)CC(NC)c1ccc(Cl)c(C)c1. The highest BCUT2D eigenvalue weighted by atomic mass is 35.5. The van der Waals surface area contributed by atoms with Crippen LogP contribution in [0.15, 0.2) is 18.2 Å². The molecule has 1 N–H and O–H groups in total. The first-order valence-corrected chi connectivity index (χ1v) is 6.93. The second-order valence-electron chi connectivity index (χ2n) is 4.77. The van der Waals surface area contributed by atoms with Crippen molar-refractivity contribution < 1.29 is 0 Å².